The average molecular weight is 260 g/mol. The van der Waals surface area contributed by atoms with Crippen LogP contribution in [0.2, 0.25) is 0 Å². The fourth-order valence-electron chi connectivity index (χ4n) is 2.73. The van der Waals surface area contributed by atoms with Crippen LogP contribution in [0.1, 0.15) is 23.3 Å². The summed E-state index contributed by atoms with van der Waals surface area (Å²) < 4.78 is 3.24. The molecule has 3 aromatic rings. The number of fused-ring (bicyclic) bond motifs is 5. The van der Waals surface area contributed by atoms with E-state index in [9.17, 15) is 4.79 Å². The monoisotopic (exact) mass is 260 g/mol. The van der Waals surface area contributed by atoms with Gasteiger partial charge >= 0.3 is 5.69 Å². The van der Waals surface area contributed by atoms with Crippen molar-refractivity contribution < 1.29 is 0 Å². The number of rotatable bonds is 0. The molecule has 6 heteroatoms. The molecule has 92 valence electrons. The first-order chi connectivity index (χ1) is 8.75. The second-order valence-corrected chi connectivity index (χ2v) is 5.81. The van der Waals surface area contributed by atoms with Gasteiger partial charge in [0.25, 0.3) is 0 Å². The van der Waals surface area contributed by atoms with Gasteiger partial charge in [0.15, 0.2) is 5.65 Å². The highest BCUT2D eigenvalue weighted by Gasteiger charge is 2.20. The quantitative estimate of drug-likeness (QED) is 0.616. The summed E-state index contributed by atoms with van der Waals surface area (Å²) in [6, 6.07) is 0. The molecule has 0 saturated carbocycles. The van der Waals surface area contributed by atoms with Crippen molar-refractivity contribution in [2.75, 3.05) is 0 Å². The first kappa shape index (κ1) is 10.3. The van der Waals surface area contributed by atoms with E-state index in [1.807, 2.05) is 0 Å². The van der Waals surface area contributed by atoms with Crippen molar-refractivity contribution in [1.82, 2.24) is 19.2 Å². The maximum atomic E-state index is 11.7. The summed E-state index contributed by atoms with van der Waals surface area (Å²) >= 11 is 1.75. The zero-order valence-electron chi connectivity index (χ0n) is 10.0. The van der Waals surface area contributed by atoms with E-state index in [0.717, 1.165) is 28.7 Å². The second-order valence-electron chi connectivity index (χ2n) is 4.72. The molecule has 3 heterocycles. The van der Waals surface area contributed by atoms with Gasteiger partial charge < -0.3 is 0 Å². The van der Waals surface area contributed by atoms with E-state index in [0.29, 0.717) is 0 Å². The smallest absolute Gasteiger partial charge is 0.244 e. The molecular weight excluding hydrogens is 248 g/mol. The van der Waals surface area contributed by atoms with Gasteiger partial charge in [0.05, 0.1) is 5.39 Å². The van der Waals surface area contributed by atoms with E-state index in [4.69, 9.17) is 0 Å². The number of aryl methyl sites for hydroxylation is 3. The van der Waals surface area contributed by atoms with Crippen molar-refractivity contribution in [3.05, 3.63) is 27.3 Å². The van der Waals surface area contributed by atoms with Crippen molar-refractivity contribution in [2.45, 2.75) is 25.7 Å². The SMILES string of the molecule is Cn1c(=O)nc2c3c4c(sc3ncn21)CCCC4. The molecule has 1 aliphatic rings. The zero-order chi connectivity index (χ0) is 12.3. The van der Waals surface area contributed by atoms with Crippen molar-refractivity contribution >= 4 is 27.2 Å². The van der Waals surface area contributed by atoms with Gasteiger partial charge in [-0.2, -0.15) is 4.98 Å². The predicted octanol–water partition coefficient (Wildman–Crippen LogP) is 1.52. The highest BCUT2D eigenvalue weighted by atomic mass is 32.1. The lowest BCUT2D eigenvalue weighted by Gasteiger charge is -2.10. The Morgan fingerprint density at radius 2 is 2.17 bits per heavy atom. The van der Waals surface area contributed by atoms with Crippen LogP contribution in [0.4, 0.5) is 0 Å². The lowest BCUT2D eigenvalue weighted by molar-refractivity contribution is 0.668. The van der Waals surface area contributed by atoms with Gasteiger partial charge in [0, 0.05) is 11.9 Å². The summed E-state index contributed by atoms with van der Waals surface area (Å²) in [4.78, 5) is 22.7. The van der Waals surface area contributed by atoms with Crippen molar-refractivity contribution in [2.24, 2.45) is 7.05 Å². The van der Waals surface area contributed by atoms with Gasteiger partial charge in [-0.05, 0) is 31.2 Å². The zero-order valence-corrected chi connectivity index (χ0v) is 10.8. The minimum Gasteiger partial charge on any atom is -0.244 e. The summed E-state index contributed by atoms with van der Waals surface area (Å²) in [5.74, 6) is 0. The Kier molecular flexibility index (Phi) is 1.94. The number of hydrogen-bond donors (Lipinski definition) is 0. The van der Waals surface area contributed by atoms with Crippen LogP contribution >= 0.6 is 11.3 Å². The fourth-order valence-corrected chi connectivity index (χ4v) is 3.95. The van der Waals surface area contributed by atoms with Crippen LogP contribution in [0, 0.1) is 0 Å². The van der Waals surface area contributed by atoms with E-state index in [2.05, 4.69) is 9.97 Å². The highest BCUT2D eigenvalue weighted by molar-refractivity contribution is 7.19. The van der Waals surface area contributed by atoms with E-state index >= 15 is 0 Å². The van der Waals surface area contributed by atoms with Crippen LogP contribution < -0.4 is 5.69 Å². The third-order valence-corrected chi connectivity index (χ3v) is 4.88. The van der Waals surface area contributed by atoms with Crippen LogP contribution in [-0.2, 0) is 19.9 Å². The Bertz CT molecular complexity index is 826. The second kappa shape index (κ2) is 3.41. The number of hydrogen-bond acceptors (Lipinski definition) is 4. The maximum absolute atomic E-state index is 11.7. The minimum atomic E-state index is -0.222. The Morgan fingerprint density at radius 1 is 1.33 bits per heavy atom. The fraction of sp³-hybridized carbons (Fsp3) is 0.417. The third kappa shape index (κ3) is 1.18. The van der Waals surface area contributed by atoms with E-state index in [1.165, 1.54) is 28.0 Å². The molecule has 0 amide bonds. The number of nitrogens with zero attached hydrogens (tertiary/aromatic N) is 4. The molecule has 3 aromatic heterocycles. The lowest BCUT2D eigenvalue weighted by atomic mass is 9.97. The molecule has 0 unspecified atom stereocenters. The maximum Gasteiger partial charge on any atom is 0.364 e. The molecule has 0 fully saturated rings. The molecule has 0 N–H and O–H groups in total. The van der Waals surface area contributed by atoms with Gasteiger partial charge in [-0.25, -0.2) is 19.0 Å². The molecule has 5 nitrogen and oxygen atoms in total. The predicted molar refractivity (Wildman–Crippen MR) is 70.3 cm³/mol. The van der Waals surface area contributed by atoms with Gasteiger partial charge in [0.1, 0.15) is 11.2 Å². The molecule has 0 radical (unpaired) electrons. The van der Waals surface area contributed by atoms with Crippen molar-refractivity contribution in [1.29, 1.82) is 0 Å². The summed E-state index contributed by atoms with van der Waals surface area (Å²) in [5, 5.41) is 1.09. The molecule has 0 spiro atoms. The van der Waals surface area contributed by atoms with Crippen molar-refractivity contribution in [3.63, 3.8) is 0 Å². The Labute approximate surface area is 107 Å². The summed E-state index contributed by atoms with van der Waals surface area (Å²) in [7, 11) is 1.72. The molecule has 0 aliphatic heterocycles. The standard InChI is InChI=1S/C12H12N4OS/c1-15-12(17)14-10-9-7-4-2-3-5-8(7)18-11(9)13-6-16(10)15/h6H,2-5H2,1H3. The Hall–Kier alpha value is -1.69. The molecule has 0 bridgehead atoms. The largest absolute Gasteiger partial charge is 0.364 e. The van der Waals surface area contributed by atoms with Gasteiger partial charge in [-0.15, -0.1) is 11.3 Å². The molecule has 0 atom stereocenters. The number of thiophene rings is 1. The van der Waals surface area contributed by atoms with Crippen LogP contribution in [0.15, 0.2) is 11.1 Å². The van der Waals surface area contributed by atoms with Gasteiger partial charge in [-0.3, -0.25) is 0 Å². The van der Waals surface area contributed by atoms with Crippen molar-refractivity contribution in [3.8, 4) is 0 Å². The van der Waals surface area contributed by atoms with Gasteiger partial charge in [0.2, 0.25) is 0 Å². The number of aromatic nitrogens is 4. The summed E-state index contributed by atoms with van der Waals surface area (Å²) in [6.07, 6.45) is 6.39. The van der Waals surface area contributed by atoms with Crippen LogP contribution in [0.3, 0.4) is 0 Å². The van der Waals surface area contributed by atoms with Crippen LogP contribution in [-0.4, -0.2) is 19.2 Å². The summed E-state index contributed by atoms with van der Waals surface area (Å²) in [6.45, 7) is 0. The van der Waals surface area contributed by atoms with E-state index < -0.39 is 0 Å². The summed E-state index contributed by atoms with van der Waals surface area (Å²) in [5.41, 5.74) is 1.90. The minimum absolute atomic E-state index is 0.222. The third-order valence-electron chi connectivity index (χ3n) is 3.68. The topological polar surface area (TPSA) is 52.2 Å². The highest BCUT2D eigenvalue weighted by Crippen LogP contribution is 2.36. The molecule has 0 saturated heterocycles. The molecule has 4 rings (SSSR count). The van der Waals surface area contributed by atoms with E-state index in [1.54, 1.807) is 29.2 Å². The van der Waals surface area contributed by atoms with Crippen LogP contribution in [0.25, 0.3) is 15.9 Å². The Morgan fingerprint density at radius 3 is 3.06 bits per heavy atom. The molecule has 18 heavy (non-hydrogen) atoms. The normalized spacial score (nSPS) is 15.4. The molecule has 1 aliphatic carbocycles. The van der Waals surface area contributed by atoms with Gasteiger partial charge in [-0.1, -0.05) is 0 Å². The first-order valence-corrected chi connectivity index (χ1v) is 6.92. The lowest BCUT2D eigenvalue weighted by Crippen LogP contribution is -2.16. The molecular formula is C12H12N4OS. The Balaban J connectivity index is 2.23. The average Bonchev–Trinajstić information content (AvgIpc) is 2.88. The molecule has 0 aromatic carbocycles. The van der Waals surface area contributed by atoms with E-state index in [-0.39, 0.29) is 5.69 Å². The first-order valence-electron chi connectivity index (χ1n) is 6.10. The van der Waals surface area contributed by atoms with Crippen LogP contribution in [0.5, 0.6) is 0 Å².